The van der Waals surface area contributed by atoms with E-state index in [1.54, 1.807) is 22.7 Å². The SMILES string of the molecule is CN(CC=C(c1ccsc1)c1ccsc1)Cc1ccccc1. The van der Waals surface area contributed by atoms with Gasteiger partial charge < -0.3 is 0 Å². The van der Waals surface area contributed by atoms with Crippen LogP contribution in [-0.2, 0) is 6.54 Å². The Morgan fingerprint density at radius 3 is 2.14 bits per heavy atom. The predicted molar refractivity (Wildman–Crippen MR) is 98.5 cm³/mol. The molecule has 0 saturated carbocycles. The number of benzene rings is 1. The van der Waals surface area contributed by atoms with E-state index in [9.17, 15) is 0 Å². The van der Waals surface area contributed by atoms with Gasteiger partial charge in [0.1, 0.15) is 0 Å². The molecule has 22 heavy (non-hydrogen) atoms. The van der Waals surface area contributed by atoms with E-state index in [1.807, 2.05) is 0 Å². The Morgan fingerprint density at radius 1 is 0.955 bits per heavy atom. The Balaban J connectivity index is 1.73. The highest BCUT2D eigenvalue weighted by molar-refractivity contribution is 7.08. The molecule has 3 rings (SSSR count). The van der Waals surface area contributed by atoms with E-state index < -0.39 is 0 Å². The van der Waals surface area contributed by atoms with Gasteiger partial charge in [-0.2, -0.15) is 22.7 Å². The summed E-state index contributed by atoms with van der Waals surface area (Å²) in [7, 11) is 2.17. The third kappa shape index (κ3) is 3.95. The van der Waals surface area contributed by atoms with Gasteiger partial charge in [-0.1, -0.05) is 36.4 Å². The van der Waals surface area contributed by atoms with Crippen molar-refractivity contribution in [3.8, 4) is 0 Å². The van der Waals surface area contributed by atoms with Crippen molar-refractivity contribution in [1.82, 2.24) is 4.90 Å². The van der Waals surface area contributed by atoms with Crippen molar-refractivity contribution in [2.75, 3.05) is 13.6 Å². The van der Waals surface area contributed by atoms with E-state index >= 15 is 0 Å². The molecular formula is C19H19NS2. The van der Waals surface area contributed by atoms with Gasteiger partial charge in [-0.25, -0.2) is 0 Å². The summed E-state index contributed by atoms with van der Waals surface area (Å²) in [6, 6.07) is 15.0. The zero-order valence-corrected chi connectivity index (χ0v) is 14.2. The van der Waals surface area contributed by atoms with Crippen molar-refractivity contribution in [3.63, 3.8) is 0 Å². The fraction of sp³-hybridized carbons (Fsp3) is 0.158. The fourth-order valence-corrected chi connectivity index (χ4v) is 3.76. The molecule has 0 spiro atoms. The summed E-state index contributed by atoms with van der Waals surface area (Å²) < 4.78 is 0. The van der Waals surface area contributed by atoms with Gasteiger partial charge in [0.25, 0.3) is 0 Å². The molecule has 0 unspecified atom stereocenters. The lowest BCUT2D eigenvalue weighted by molar-refractivity contribution is 0.364. The Kier molecular flexibility index (Phi) is 5.22. The van der Waals surface area contributed by atoms with Gasteiger partial charge in [0, 0.05) is 13.1 Å². The Bertz CT molecular complexity index is 661. The first-order valence-electron chi connectivity index (χ1n) is 7.31. The molecule has 0 amide bonds. The van der Waals surface area contributed by atoms with E-state index in [4.69, 9.17) is 0 Å². The molecule has 0 radical (unpaired) electrons. The van der Waals surface area contributed by atoms with Crippen molar-refractivity contribution in [1.29, 1.82) is 0 Å². The molecule has 2 heterocycles. The number of likely N-dealkylation sites (N-methyl/N-ethyl adjacent to an activating group) is 1. The molecule has 3 aromatic rings. The molecule has 0 aliphatic heterocycles. The van der Waals surface area contributed by atoms with Gasteiger partial charge in [0.2, 0.25) is 0 Å². The molecule has 112 valence electrons. The number of nitrogens with zero attached hydrogens (tertiary/aromatic N) is 1. The largest absolute Gasteiger partial charge is 0.298 e. The van der Waals surface area contributed by atoms with Gasteiger partial charge in [0.05, 0.1) is 0 Å². The van der Waals surface area contributed by atoms with Crippen LogP contribution in [0, 0.1) is 0 Å². The summed E-state index contributed by atoms with van der Waals surface area (Å²) >= 11 is 3.50. The topological polar surface area (TPSA) is 3.24 Å². The maximum absolute atomic E-state index is 2.34. The first kappa shape index (κ1) is 15.2. The van der Waals surface area contributed by atoms with Crippen LogP contribution < -0.4 is 0 Å². The zero-order chi connectivity index (χ0) is 15.2. The molecule has 0 fully saturated rings. The number of hydrogen-bond acceptors (Lipinski definition) is 3. The third-order valence-corrected chi connectivity index (χ3v) is 4.93. The molecule has 0 atom stereocenters. The second-order valence-electron chi connectivity index (χ2n) is 5.32. The minimum atomic E-state index is 0.940. The van der Waals surface area contributed by atoms with E-state index in [2.05, 4.69) is 82.0 Å². The average Bonchev–Trinajstić information content (AvgIpc) is 3.22. The normalized spacial score (nSPS) is 10.8. The monoisotopic (exact) mass is 325 g/mol. The molecule has 3 heteroatoms. The standard InChI is InChI=1S/C19H19NS2/c1-20(13-16-5-3-2-4-6-16)10-7-19(17-8-11-21-14-17)18-9-12-22-15-18/h2-9,11-12,14-15H,10,13H2,1H3. The van der Waals surface area contributed by atoms with Crippen molar-refractivity contribution >= 4 is 28.2 Å². The average molecular weight is 326 g/mol. The predicted octanol–water partition coefficient (Wildman–Crippen LogP) is 5.37. The smallest absolute Gasteiger partial charge is 0.0233 e. The first-order valence-corrected chi connectivity index (χ1v) is 9.19. The lowest BCUT2D eigenvalue weighted by atomic mass is 10.0. The minimum absolute atomic E-state index is 0.940. The maximum atomic E-state index is 2.34. The van der Waals surface area contributed by atoms with Crippen LogP contribution in [0.25, 0.3) is 5.57 Å². The summed E-state index contributed by atoms with van der Waals surface area (Å²) in [6.07, 6.45) is 2.34. The highest BCUT2D eigenvalue weighted by atomic mass is 32.1. The zero-order valence-electron chi connectivity index (χ0n) is 12.6. The summed E-state index contributed by atoms with van der Waals surface area (Å²) in [6.45, 7) is 1.91. The number of rotatable bonds is 6. The van der Waals surface area contributed by atoms with E-state index in [0.29, 0.717) is 0 Å². The molecule has 2 aromatic heterocycles. The number of thiophene rings is 2. The van der Waals surface area contributed by atoms with Crippen LogP contribution in [0.3, 0.4) is 0 Å². The molecular weight excluding hydrogens is 306 g/mol. The van der Waals surface area contributed by atoms with Crippen LogP contribution in [0.2, 0.25) is 0 Å². The summed E-state index contributed by atoms with van der Waals surface area (Å²) in [5.41, 5.74) is 5.32. The Hall–Kier alpha value is -1.68. The maximum Gasteiger partial charge on any atom is 0.0233 e. The van der Waals surface area contributed by atoms with Crippen LogP contribution in [0.1, 0.15) is 16.7 Å². The minimum Gasteiger partial charge on any atom is -0.298 e. The fourth-order valence-electron chi connectivity index (χ4n) is 2.44. The Labute approximate surface area is 140 Å². The van der Waals surface area contributed by atoms with Gasteiger partial charge in [-0.15, -0.1) is 0 Å². The van der Waals surface area contributed by atoms with Crippen LogP contribution in [0.15, 0.2) is 70.1 Å². The second kappa shape index (κ2) is 7.54. The molecule has 1 aromatic carbocycles. The van der Waals surface area contributed by atoms with Crippen LogP contribution in [-0.4, -0.2) is 18.5 Å². The summed E-state index contributed by atoms with van der Waals surface area (Å²) in [5.74, 6) is 0. The molecule has 0 aliphatic carbocycles. The van der Waals surface area contributed by atoms with E-state index in [0.717, 1.165) is 13.1 Å². The molecule has 0 saturated heterocycles. The van der Waals surface area contributed by atoms with Gasteiger partial charge in [-0.3, -0.25) is 4.90 Å². The van der Waals surface area contributed by atoms with Crippen molar-refractivity contribution in [2.45, 2.75) is 6.54 Å². The third-order valence-electron chi connectivity index (χ3n) is 3.57. The van der Waals surface area contributed by atoms with E-state index in [-0.39, 0.29) is 0 Å². The van der Waals surface area contributed by atoms with Crippen LogP contribution in [0.5, 0.6) is 0 Å². The van der Waals surface area contributed by atoms with E-state index in [1.165, 1.54) is 22.3 Å². The quantitative estimate of drug-likeness (QED) is 0.588. The Morgan fingerprint density at radius 2 is 1.59 bits per heavy atom. The summed E-state index contributed by atoms with van der Waals surface area (Å²) in [5, 5.41) is 8.73. The van der Waals surface area contributed by atoms with Crippen molar-refractivity contribution in [2.24, 2.45) is 0 Å². The van der Waals surface area contributed by atoms with Crippen molar-refractivity contribution in [3.05, 3.63) is 86.8 Å². The summed E-state index contributed by atoms with van der Waals surface area (Å²) in [4.78, 5) is 2.34. The highest BCUT2D eigenvalue weighted by Crippen LogP contribution is 2.27. The van der Waals surface area contributed by atoms with Crippen LogP contribution in [0.4, 0.5) is 0 Å². The van der Waals surface area contributed by atoms with Gasteiger partial charge in [-0.05, 0) is 63.0 Å². The highest BCUT2D eigenvalue weighted by Gasteiger charge is 2.07. The first-order chi connectivity index (χ1) is 10.8. The molecule has 0 bridgehead atoms. The van der Waals surface area contributed by atoms with Gasteiger partial charge in [0.15, 0.2) is 0 Å². The lowest BCUT2D eigenvalue weighted by Crippen LogP contribution is -2.17. The second-order valence-corrected chi connectivity index (χ2v) is 6.88. The van der Waals surface area contributed by atoms with Gasteiger partial charge >= 0.3 is 0 Å². The molecule has 0 N–H and O–H groups in total. The van der Waals surface area contributed by atoms with Crippen LogP contribution >= 0.6 is 22.7 Å². The number of hydrogen-bond donors (Lipinski definition) is 0. The molecule has 1 nitrogen and oxygen atoms in total. The lowest BCUT2D eigenvalue weighted by Gasteiger charge is -2.15. The van der Waals surface area contributed by atoms with Crippen molar-refractivity contribution < 1.29 is 0 Å². The molecule has 0 aliphatic rings.